The highest BCUT2D eigenvalue weighted by Crippen LogP contribution is 2.54. The summed E-state index contributed by atoms with van der Waals surface area (Å²) >= 11 is 0. The van der Waals surface area contributed by atoms with Crippen molar-refractivity contribution in [3.05, 3.63) is 29.3 Å². The molecule has 2 bridgehead atoms. The second-order valence-electron chi connectivity index (χ2n) is 8.71. The van der Waals surface area contributed by atoms with Gasteiger partial charge in [-0.15, -0.1) is 0 Å². The molecule has 4 nitrogen and oxygen atoms in total. The first-order chi connectivity index (χ1) is 12.1. The molecule has 3 fully saturated rings. The molecule has 1 aromatic rings. The molecule has 0 aromatic heterocycles. The molecule has 5 rings (SSSR count). The molecule has 0 N–H and O–H groups in total. The Bertz CT molecular complexity index is 714. The van der Waals surface area contributed by atoms with Gasteiger partial charge in [-0.3, -0.25) is 4.79 Å². The number of likely N-dealkylation sites (tertiary alicyclic amines) is 2. The van der Waals surface area contributed by atoms with Gasteiger partial charge in [-0.2, -0.15) is 0 Å². The predicted molar refractivity (Wildman–Crippen MR) is 96.8 cm³/mol. The molecule has 1 aromatic carbocycles. The lowest BCUT2D eigenvalue weighted by molar-refractivity contribution is -0.143. The van der Waals surface area contributed by atoms with E-state index in [4.69, 9.17) is 4.74 Å². The Kier molecular flexibility index (Phi) is 3.43. The minimum Gasteiger partial charge on any atom is -0.497 e. The number of amides is 1. The van der Waals surface area contributed by atoms with Gasteiger partial charge in [-0.1, -0.05) is 6.07 Å². The minimum atomic E-state index is 0.0242. The number of carbonyl (C=O) groups excluding carboxylic acids is 1. The highest BCUT2D eigenvalue weighted by molar-refractivity contribution is 5.80. The normalized spacial score (nSPS) is 34.5. The van der Waals surface area contributed by atoms with Crippen molar-refractivity contribution in [1.82, 2.24) is 9.80 Å². The first-order valence-corrected chi connectivity index (χ1v) is 9.76. The SMILES string of the molecule is COc1ccc2c(c1)[C@]13CCN(C)[C@H](C2)[C@@H]1CN(CC1CC1)C(=O)C3. The molecule has 4 heteroatoms. The molecule has 4 aliphatic rings. The first kappa shape index (κ1) is 15.7. The number of piperidine rings is 2. The molecule has 0 unspecified atom stereocenters. The molecular weight excluding hydrogens is 312 g/mol. The highest BCUT2D eigenvalue weighted by Gasteiger charge is 2.56. The van der Waals surface area contributed by atoms with Crippen LogP contribution in [0.1, 0.15) is 36.8 Å². The zero-order chi connectivity index (χ0) is 17.2. The van der Waals surface area contributed by atoms with E-state index in [1.807, 2.05) is 0 Å². The van der Waals surface area contributed by atoms with Gasteiger partial charge in [0.05, 0.1) is 7.11 Å². The number of rotatable bonds is 3. The van der Waals surface area contributed by atoms with Crippen molar-refractivity contribution in [3.8, 4) is 5.75 Å². The molecule has 25 heavy (non-hydrogen) atoms. The van der Waals surface area contributed by atoms with Gasteiger partial charge in [0.25, 0.3) is 0 Å². The van der Waals surface area contributed by atoms with E-state index in [9.17, 15) is 4.79 Å². The molecule has 2 heterocycles. The van der Waals surface area contributed by atoms with Crippen LogP contribution in [0.15, 0.2) is 18.2 Å². The molecule has 3 atom stereocenters. The number of likely N-dealkylation sites (N-methyl/N-ethyl adjacent to an activating group) is 1. The van der Waals surface area contributed by atoms with Crippen LogP contribution in [-0.2, 0) is 16.6 Å². The van der Waals surface area contributed by atoms with E-state index < -0.39 is 0 Å². The minimum absolute atomic E-state index is 0.0242. The van der Waals surface area contributed by atoms with Crippen LogP contribution in [0.4, 0.5) is 0 Å². The monoisotopic (exact) mass is 340 g/mol. The summed E-state index contributed by atoms with van der Waals surface area (Å²) in [6, 6.07) is 7.10. The number of nitrogens with zero attached hydrogens (tertiary/aromatic N) is 2. The summed E-state index contributed by atoms with van der Waals surface area (Å²) in [4.78, 5) is 17.8. The van der Waals surface area contributed by atoms with Crippen molar-refractivity contribution < 1.29 is 9.53 Å². The van der Waals surface area contributed by atoms with Crippen LogP contribution < -0.4 is 4.74 Å². The van der Waals surface area contributed by atoms with E-state index in [0.29, 0.717) is 24.3 Å². The van der Waals surface area contributed by atoms with Gasteiger partial charge < -0.3 is 14.5 Å². The number of benzene rings is 1. The topological polar surface area (TPSA) is 32.8 Å². The number of methoxy groups -OCH3 is 1. The fourth-order valence-electron chi connectivity index (χ4n) is 5.70. The van der Waals surface area contributed by atoms with Crippen molar-refractivity contribution in [3.63, 3.8) is 0 Å². The lowest BCUT2D eigenvalue weighted by Gasteiger charge is -2.59. The van der Waals surface area contributed by atoms with Gasteiger partial charge in [0.2, 0.25) is 5.91 Å². The summed E-state index contributed by atoms with van der Waals surface area (Å²) in [6.45, 7) is 3.03. The van der Waals surface area contributed by atoms with Crippen molar-refractivity contribution in [2.24, 2.45) is 11.8 Å². The Hall–Kier alpha value is -1.55. The van der Waals surface area contributed by atoms with Crippen molar-refractivity contribution in [2.75, 3.05) is 33.8 Å². The average Bonchev–Trinajstić information content (AvgIpc) is 3.43. The van der Waals surface area contributed by atoms with Crippen LogP contribution in [0.25, 0.3) is 0 Å². The van der Waals surface area contributed by atoms with E-state index in [1.54, 1.807) is 7.11 Å². The third-order valence-corrected chi connectivity index (χ3v) is 7.35. The van der Waals surface area contributed by atoms with E-state index >= 15 is 0 Å². The molecule has 0 spiro atoms. The van der Waals surface area contributed by atoms with Crippen molar-refractivity contribution in [2.45, 2.75) is 43.6 Å². The van der Waals surface area contributed by atoms with Gasteiger partial charge in [0.1, 0.15) is 5.75 Å². The fourth-order valence-corrected chi connectivity index (χ4v) is 5.70. The Morgan fingerprint density at radius 1 is 1.32 bits per heavy atom. The summed E-state index contributed by atoms with van der Waals surface area (Å²) in [5.74, 6) is 2.63. The van der Waals surface area contributed by atoms with Crippen LogP contribution in [0, 0.1) is 11.8 Å². The third-order valence-electron chi connectivity index (χ3n) is 7.35. The first-order valence-electron chi connectivity index (χ1n) is 9.76. The van der Waals surface area contributed by atoms with E-state index in [2.05, 4.69) is 35.0 Å². The van der Waals surface area contributed by atoms with Gasteiger partial charge in [-0.25, -0.2) is 0 Å². The molecule has 1 amide bonds. The smallest absolute Gasteiger partial charge is 0.223 e. The van der Waals surface area contributed by atoms with Crippen LogP contribution in [0.2, 0.25) is 0 Å². The lowest BCUT2D eigenvalue weighted by Crippen LogP contribution is -2.66. The molecule has 2 saturated heterocycles. The van der Waals surface area contributed by atoms with Crippen LogP contribution in [0.3, 0.4) is 0 Å². The number of hydrogen-bond acceptors (Lipinski definition) is 3. The molecular formula is C21H28N2O2. The Balaban J connectivity index is 1.57. The van der Waals surface area contributed by atoms with Gasteiger partial charge >= 0.3 is 0 Å². The maximum atomic E-state index is 13.0. The number of carbonyl (C=O) groups is 1. The lowest BCUT2D eigenvalue weighted by atomic mass is 9.54. The molecule has 2 aliphatic heterocycles. The zero-order valence-corrected chi connectivity index (χ0v) is 15.3. The number of hydrogen-bond donors (Lipinski definition) is 0. The predicted octanol–water partition coefficient (Wildman–Crippen LogP) is 2.45. The molecule has 134 valence electrons. The standard InChI is InChI=1S/C21H28N2O2/c1-22-8-7-21-11-20(24)23(12-14-3-4-14)13-18(21)19(22)9-15-5-6-16(25-2)10-17(15)21/h5-6,10,14,18-19H,3-4,7-9,11-13H2,1-2H3/t18-,19+,21+/m0/s1. The largest absolute Gasteiger partial charge is 0.497 e. The maximum Gasteiger partial charge on any atom is 0.223 e. The average molecular weight is 340 g/mol. The van der Waals surface area contributed by atoms with Crippen LogP contribution in [-0.4, -0.2) is 55.5 Å². The summed E-state index contributed by atoms with van der Waals surface area (Å²) in [6.07, 6.45) is 5.50. The summed E-state index contributed by atoms with van der Waals surface area (Å²) < 4.78 is 5.52. The van der Waals surface area contributed by atoms with Gasteiger partial charge in [-0.05, 0) is 68.5 Å². The third kappa shape index (κ3) is 2.33. The van der Waals surface area contributed by atoms with Gasteiger partial charge in [0, 0.05) is 36.9 Å². The second-order valence-corrected chi connectivity index (χ2v) is 8.71. The zero-order valence-electron chi connectivity index (χ0n) is 15.3. The molecule has 2 aliphatic carbocycles. The van der Waals surface area contributed by atoms with Crippen molar-refractivity contribution in [1.29, 1.82) is 0 Å². The maximum absolute atomic E-state index is 13.0. The van der Waals surface area contributed by atoms with Crippen LogP contribution in [0.5, 0.6) is 5.75 Å². The van der Waals surface area contributed by atoms with Gasteiger partial charge in [0.15, 0.2) is 0 Å². The van der Waals surface area contributed by atoms with Crippen LogP contribution >= 0.6 is 0 Å². The van der Waals surface area contributed by atoms with E-state index in [0.717, 1.165) is 44.1 Å². The van der Waals surface area contributed by atoms with E-state index in [-0.39, 0.29) is 5.41 Å². The molecule has 0 radical (unpaired) electrons. The second kappa shape index (κ2) is 5.47. The summed E-state index contributed by atoms with van der Waals surface area (Å²) in [5, 5.41) is 0. The molecule has 1 saturated carbocycles. The Morgan fingerprint density at radius 2 is 2.16 bits per heavy atom. The number of ether oxygens (including phenoxy) is 1. The summed E-state index contributed by atoms with van der Waals surface area (Å²) in [5.41, 5.74) is 2.86. The Morgan fingerprint density at radius 3 is 2.92 bits per heavy atom. The van der Waals surface area contributed by atoms with E-state index in [1.165, 1.54) is 24.0 Å². The quantitative estimate of drug-likeness (QED) is 0.847. The Labute approximate surface area is 150 Å². The summed E-state index contributed by atoms with van der Waals surface area (Å²) in [7, 11) is 4.01. The van der Waals surface area contributed by atoms with Crippen molar-refractivity contribution >= 4 is 5.91 Å². The number of fused-ring (bicyclic) bond motifs is 1. The fraction of sp³-hybridized carbons (Fsp3) is 0.667. The highest BCUT2D eigenvalue weighted by atomic mass is 16.5.